The number of halogens is 1. The summed E-state index contributed by atoms with van der Waals surface area (Å²) in [7, 11) is 0. The molecule has 1 aliphatic heterocycles. The number of hydrogen-bond donors (Lipinski definition) is 2. The van der Waals surface area contributed by atoms with Crippen LogP contribution in [0.1, 0.15) is 38.9 Å². The zero-order valence-electron chi connectivity index (χ0n) is 19.6. The van der Waals surface area contributed by atoms with Gasteiger partial charge in [0.1, 0.15) is 12.2 Å². The van der Waals surface area contributed by atoms with Crippen molar-refractivity contribution >= 4 is 40.8 Å². The van der Waals surface area contributed by atoms with E-state index in [1.807, 2.05) is 0 Å². The molecule has 1 aliphatic rings. The van der Waals surface area contributed by atoms with Gasteiger partial charge in [-0.05, 0) is 43.7 Å². The molecule has 1 saturated heterocycles. The molecule has 1 fully saturated rings. The van der Waals surface area contributed by atoms with E-state index in [0.29, 0.717) is 0 Å². The van der Waals surface area contributed by atoms with Gasteiger partial charge >= 0.3 is 0 Å². The van der Waals surface area contributed by atoms with Crippen molar-refractivity contribution in [2.45, 2.75) is 64.8 Å². The number of rotatable bonds is 10. The summed E-state index contributed by atoms with van der Waals surface area (Å²) in [6.07, 6.45) is 8.29. The number of ether oxygens (including phenoxy) is 1. The number of aryl methyl sites for hydroxylation is 2. The first-order chi connectivity index (χ1) is 15.7. The molecule has 180 valence electrons. The highest BCUT2D eigenvalue weighted by molar-refractivity contribution is 14.0. The van der Waals surface area contributed by atoms with Crippen LogP contribution < -0.4 is 10.6 Å². The van der Waals surface area contributed by atoms with Crippen molar-refractivity contribution in [3.05, 3.63) is 48.7 Å². The molecule has 3 aromatic rings. The van der Waals surface area contributed by atoms with E-state index in [2.05, 4.69) is 80.3 Å². The highest BCUT2D eigenvalue weighted by Gasteiger charge is 2.23. The predicted molar refractivity (Wildman–Crippen MR) is 143 cm³/mol. The number of hydrogen-bond acceptors (Lipinski definition) is 4. The number of nitrogens with zero attached hydrogens (tertiary/aromatic N) is 5. The Labute approximate surface area is 213 Å². The fourth-order valence-electron chi connectivity index (χ4n) is 4.26. The summed E-state index contributed by atoms with van der Waals surface area (Å²) in [5.41, 5.74) is 1.28. The molecule has 2 aromatic heterocycles. The van der Waals surface area contributed by atoms with Crippen LogP contribution in [0.4, 0.5) is 0 Å². The van der Waals surface area contributed by atoms with Gasteiger partial charge in [0.15, 0.2) is 5.96 Å². The molecular formula is C24H36IN7O. The number of nitrogens with one attached hydrogen (secondary N) is 2. The zero-order chi connectivity index (χ0) is 22.2. The highest BCUT2D eigenvalue weighted by Crippen LogP contribution is 2.16. The molecular weight excluding hydrogens is 529 g/mol. The van der Waals surface area contributed by atoms with Crippen LogP contribution in [-0.2, 0) is 24.2 Å². The summed E-state index contributed by atoms with van der Waals surface area (Å²) < 4.78 is 10.2. The zero-order valence-corrected chi connectivity index (χ0v) is 21.9. The third-order valence-electron chi connectivity index (χ3n) is 6.05. The maximum atomic E-state index is 5.86. The van der Waals surface area contributed by atoms with Crippen LogP contribution in [0.2, 0.25) is 0 Å². The van der Waals surface area contributed by atoms with Gasteiger partial charge in [0.05, 0.1) is 12.1 Å². The van der Waals surface area contributed by atoms with E-state index < -0.39 is 0 Å². The lowest BCUT2D eigenvalue weighted by molar-refractivity contribution is 0.0890. The summed E-state index contributed by atoms with van der Waals surface area (Å²) >= 11 is 0. The minimum atomic E-state index is 0. The fourth-order valence-corrected chi connectivity index (χ4v) is 4.26. The van der Waals surface area contributed by atoms with Crippen LogP contribution in [0, 0.1) is 0 Å². The molecule has 3 heterocycles. The van der Waals surface area contributed by atoms with Crippen LogP contribution >= 0.6 is 24.0 Å². The van der Waals surface area contributed by atoms with Crippen molar-refractivity contribution in [3.8, 4) is 0 Å². The van der Waals surface area contributed by atoms with Gasteiger partial charge in [0.2, 0.25) is 0 Å². The Morgan fingerprint density at radius 2 is 2.12 bits per heavy atom. The minimum absolute atomic E-state index is 0. The summed E-state index contributed by atoms with van der Waals surface area (Å²) in [5.74, 6) is 1.85. The molecule has 0 spiro atoms. The Balaban J connectivity index is 0.00000306. The van der Waals surface area contributed by atoms with Crippen molar-refractivity contribution in [2.24, 2.45) is 4.99 Å². The number of aliphatic imine (C=N–C) groups is 1. The van der Waals surface area contributed by atoms with E-state index in [9.17, 15) is 0 Å². The molecule has 2 unspecified atom stereocenters. The molecule has 0 bridgehead atoms. The van der Waals surface area contributed by atoms with E-state index in [0.717, 1.165) is 70.3 Å². The Morgan fingerprint density at radius 1 is 1.24 bits per heavy atom. The van der Waals surface area contributed by atoms with Gasteiger partial charge in [-0.15, -0.1) is 34.2 Å². The first kappa shape index (κ1) is 25.5. The summed E-state index contributed by atoms with van der Waals surface area (Å²) in [6.45, 7) is 8.40. The molecule has 2 atom stereocenters. The third-order valence-corrected chi connectivity index (χ3v) is 6.05. The van der Waals surface area contributed by atoms with E-state index >= 15 is 0 Å². The Morgan fingerprint density at radius 3 is 2.94 bits per heavy atom. The van der Waals surface area contributed by atoms with Gasteiger partial charge in [-0.1, -0.05) is 25.1 Å². The number of benzene rings is 1. The first-order valence-electron chi connectivity index (χ1n) is 11.8. The summed E-state index contributed by atoms with van der Waals surface area (Å²) in [5, 5.41) is 16.5. The lowest BCUT2D eigenvalue weighted by Gasteiger charge is -2.23. The number of guanidine groups is 1. The lowest BCUT2D eigenvalue weighted by Crippen LogP contribution is -2.47. The van der Waals surface area contributed by atoms with Crippen molar-refractivity contribution in [1.82, 2.24) is 30.0 Å². The van der Waals surface area contributed by atoms with Crippen LogP contribution in [0.15, 0.2) is 47.8 Å². The second-order valence-corrected chi connectivity index (χ2v) is 8.36. The van der Waals surface area contributed by atoms with Crippen molar-refractivity contribution in [3.63, 3.8) is 0 Å². The first-order valence-corrected chi connectivity index (χ1v) is 11.8. The normalized spacial score (nSPS) is 17.2. The molecule has 2 N–H and O–H groups in total. The predicted octanol–water partition coefficient (Wildman–Crippen LogP) is 3.61. The average Bonchev–Trinajstić information content (AvgIpc) is 3.57. The SMILES string of the molecule is CCc1nncn1CCNC(=NCCCn1ccc2ccccc21)NC(C)C1CCCO1.I. The molecule has 4 rings (SSSR count). The second kappa shape index (κ2) is 12.9. The summed E-state index contributed by atoms with van der Waals surface area (Å²) in [4.78, 5) is 4.86. The highest BCUT2D eigenvalue weighted by atomic mass is 127. The number of fused-ring (bicyclic) bond motifs is 1. The van der Waals surface area contributed by atoms with Gasteiger partial charge < -0.3 is 24.5 Å². The number of aromatic nitrogens is 4. The maximum absolute atomic E-state index is 5.86. The van der Waals surface area contributed by atoms with Crippen molar-refractivity contribution in [1.29, 1.82) is 0 Å². The molecule has 33 heavy (non-hydrogen) atoms. The standard InChI is InChI=1S/C24H35N7O.HI/c1-3-23-29-27-18-31(23)16-13-26-24(28-19(2)22-10-6-17-32-22)25-12-7-14-30-15-11-20-8-4-5-9-21(20)30;/h4-5,8-9,11,15,18-19,22H,3,6-7,10,12-14,16-17H2,1-2H3,(H2,25,26,28);1H. The molecule has 8 nitrogen and oxygen atoms in total. The maximum Gasteiger partial charge on any atom is 0.191 e. The summed E-state index contributed by atoms with van der Waals surface area (Å²) in [6, 6.07) is 10.9. The fraction of sp³-hybridized carbons (Fsp3) is 0.542. The largest absolute Gasteiger partial charge is 0.376 e. The molecule has 0 amide bonds. The van der Waals surface area contributed by atoms with E-state index in [1.54, 1.807) is 6.33 Å². The van der Waals surface area contributed by atoms with Crippen LogP contribution in [0.3, 0.4) is 0 Å². The second-order valence-electron chi connectivity index (χ2n) is 8.36. The quantitative estimate of drug-likeness (QED) is 0.170. The van der Waals surface area contributed by atoms with Gasteiger partial charge in [0.25, 0.3) is 0 Å². The van der Waals surface area contributed by atoms with Gasteiger partial charge in [-0.2, -0.15) is 0 Å². The average molecular weight is 566 g/mol. The lowest BCUT2D eigenvalue weighted by atomic mass is 10.1. The van der Waals surface area contributed by atoms with E-state index in [1.165, 1.54) is 10.9 Å². The molecule has 0 saturated carbocycles. The minimum Gasteiger partial charge on any atom is -0.376 e. The van der Waals surface area contributed by atoms with Crippen LogP contribution in [0.25, 0.3) is 10.9 Å². The van der Waals surface area contributed by atoms with Gasteiger partial charge in [-0.25, -0.2) is 0 Å². The topological polar surface area (TPSA) is 81.3 Å². The monoisotopic (exact) mass is 565 g/mol. The molecule has 9 heteroatoms. The van der Waals surface area contributed by atoms with Gasteiger partial charge in [0, 0.05) is 50.9 Å². The van der Waals surface area contributed by atoms with Crippen LogP contribution in [-0.4, -0.2) is 57.1 Å². The molecule has 0 aliphatic carbocycles. The van der Waals surface area contributed by atoms with E-state index in [4.69, 9.17) is 9.73 Å². The Kier molecular flexibility index (Phi) is 9.98. The van der Waals surface area contributed by atoms with E-state index in [-0.39, 0.29) is 36.1 Å². The third kappa shape index (κ3) is 6.92. The van der Waals surface area contributed by atoms with Crippen LogP contribution in [0.5, 0.6) is 0 Å². The molecule has 1 aromatic carbocycles. The number of para-hydroxylation sites is 1. The Hall–Kier alpha value is -2.14. The smallest absolute Gasteiger partial charge is 0.191 e. The van der Waals surface area contributed by atoms with Gasteiger partial charge in [-0.3, -0.25) is 4.99 Å². The van der Waals surface area contributed by atoms with Crippen molar-refractivity contribution < 1.29 is 4.74 Å². The Bertz CT molecular complexity index is 1010. The van der Waals surface area contributed by atoms with Crippen molar-refractivity contribution in [2.75, 3.05) is 19.7 Å². The molecule has 0 radical (unpaired) electrons.